The Balaban J connectivity index is 2.00. The van der Waals surface area contributed by atoms with Gasteiger partial charge in [0.15, 0.2) is 0 Å². The van der Waals surface area contributed by atoms with Gasteiger partial charge in [0.2, 0.25) is 5.95 Å². The first-order valence-corrected chi connectivity index (χ1v) is 8.18. The predicted molar refractivity (Wildman–Crippen MR) is 79.3 cm³/mol. The molecule has 1 saturated carbocycles. The summed E-state index contributed by atoms with van der Waals surface area (Å²) in [6.45, 7) is 2.17. The van der Waals surface area contributed by atoms with Crippen LogP contribution in [0.4, 0.5) is 5.95 Å². The van der Waals surface area contributed by atoms with Crippen LogP contribution in [0.5, 0.6) is 0 Å². The minimum atomic E-state index is 0.410. The van der Waals surface area contributed by atoms with Gasteiger partial charge in [0.05, 0.1) is 0 Å². The van der Waals surface area contributed by atoms with Gasteiger partial charge in [-0.15, -0.1) is 23.1 Å². The molecule has 0 amide bonds. The summed E-state index contributed by atoms with van der Waals surface area (Å²) in [5, 5.41) is 3.00. The number of aromatic nitrogens is 2. The van der Waals surface area contributed by atoms with Crippen LogP contribution in [0.15, 0.2) is 11.1 Å². The molecule has 96 valence electrons. The van der Waals surface area contributed by atoms with Crippen LogP contribution in [-0.4, -0.2) is 15.2 Å². The highest BCUT2D eigenvalue weighted by atomic mass is 32.2. The van der Waals surface area contributed by atoms with Crippen molar-refractivity contribution in [3.05, 3.63) is 10.9 Å². The number of hydrogen-bond acceptors (Lipinski definition) is 5. The lowest BCUT2D eigenvalue weighted by Crippen LogP contribution is -1.99. The molecule has 5 heteroatoms. The smallest absolute Gasteiger partial charge is 0.222 e. The summed E-state index contributed by atoms with van der Waals surface area (Å²) < 4.78 is 0. The first-order valence-electron chi connectivity index (χ1n) is 6.49. The monoisotopic (exact) mass is 279 g/mol. The molecule has 2 heterocycles. The zero-order valence-electron chi connectivity index (χ0n) is 10.5. The summed E-state index contributed by atoms with van der Waals surface area (Å²) in [7, 11) is 0. The molecule has 2 N–H and O–H groups in total. The second-order valence-electron chi connectivity index (χ2n) is 4.70. The SMILES string of the molecule is CCc1cc2c(SC3CCCC3)nc(N)nc2s1. The minimum absolute atomic E-state index is 0.410. The van der Waals surface area contributed by atoms with E-state index in [0.717, 1.165) is 16.3 Å². The second kappa shape index (κ2) is 5.05. The van der Waals surface area contributed by atoms with Gasteiger partial charge in [0.1, 0.15) is 9.86 Å². The average molecular weight is 279 g/mol. The van der Waals surface area contributed by atoms with E-state index in [0.29, 0.717) is 11.2 Å². The highest BCUT2D eigenvalue weighted by Gasteiger charge is 2.19. The maximum Gasteiger partial charge on any atom is 0.222 e. The Morgan fingerprint density at radius 3 is 2.89 bits per heavy atom. The first-order chi connectivity index (χ1) is 8.76. The number of thiophene rings is 1. The quantitative estimate of drug-likeness (QED) is 0.867. The molecule has 18 heavy (non-hydrogen) atoms. The molecule has 0 atom stereocenters. The Bertz CT molecular complexity index is 559. The van der Waals surface area contributed by atoms with Crippen LogP contribution in [0, 0.1) is 0 Å². The van der Waals surface area contributed by atoms with Gasteiger partial charge in [-0.2, -0.15) is 0 Å². The van der Waals surface area contributed by atoms with E-state index in [1.165, 1.54) is 35.9 Å². The van der Waals surface area contributed by atoms with Crippen molar-refractivity contribution in [1.29, 1.82) is 0 Å². The number of hydrogen-bond donors (Lipinski definition) is 1. The third kappa shape index (κ3) is 2.34. The van der Waals surface area contributed by atoms with E-state index in [1.807, 2.05) is 11.8 Å². The highest BCUT2D eigenvalue weighted by Crippen LogP contribution is 2.38. The molecule has 0 aliphatic heterocycles. The van der Waals surface area contributed by atoms with Crippen LogP contribution in [-0.2, 0) is 6.42 Å². The number of anilines is 1. The van der Waals surface area contributed by atoms with E-state index in [4.69, 9.17) is 5.73 Å². The summed E-state index contributed by atoms with van der Waals surface area (Å²) in [6.07, 6.45) is 6.37. The van der Waals surface area contributed by atoms with Gasteiger partial charge in [0, 0.05) is 15.5 Å². The van der Waals surface area contributed by atoms with Crippen molar-refractivity contribution in [3.63, 3.8) is 0 Å². The van der Waals surface area contributed by atoms with E-state index in [2.05, 4.69) is 23.0 Å². The average Bonchev–Trinajstić information content (AvgIpc) is 2.97. The van der Waals surface area contributed by atoms with Crippen molar-refractivity contribution in [3.8, 4) is 0 Å². The molecule has 0 bridgehead atoms. The van der Waals surface area contributed by atoms with Crippen molar-refractivity contribution < 1.29 is 0 Å². The molecule has 1 aliphatic carbocycles. The molecular weight excluding hydrogens is 262 g/mol. The number of nitrogen functional groups attached to an aromatic ring is 1. The van der Waals surface area contributed by atoms with E-state index in [9.17, 15) is 0 Å². The van der Waals surface area contributed by atoms with Crippen LogP contribution >= 0.6 is 23.1 Å². The van der Waals surface area contributed by atoms with Crippen LogP contribution in [0.1, 0.15) is 37.5 Å². The van der Waals surface area contributed by atoms with Crippen molar-refractivity contribution >= 4 is 39.3 Å². The van der Waals surface area contributed by atoms with Gasteiger partial charge < -0.3 is 5.73 Å². The predicted octanol–water partition coefficient (Wildman–Crippen LogP) is 3.87. The molecule has 0 aromatic carbocycles. The highest BCUT2D eigenvalue weighted by molar-refractivity contribution is 8.00. The van der Waals surface area contributed by atoms with E-state index < -0.39 is 0 Å². The van der Waals surface area contributed by atoms with Gasteiger partial charge >= 0.3 is 0 Å². The first kappa shape index (κ1) is 12.2. The van der Waals surface area contributed by atoms with Crippen LogP contribution in [0.25, 0.3) is 10.2 Å². The Kier molecular flexibility index (Phi) is 3.43. The Labute approximate surface area is 115 Å². The molecule has 0 unspecified atom stereocenters. The number of rotatable bonds is 3. The molecule has 3 rings (SSSR count). The Hall–Kier alpha value is -0.810. The van der Waals surface area contributed by atoms with Crippen molar-refractivity contribution in [2.75, 3.05) is 5.73 Å². The summed E-state index contributed by atoms with van der Waals surface area (Å²) in [4.78, 5) is 11.2. The molecule has 0 saturated heterocycles. The van der Waals surface area contributed by atoms with Gasteiger partial charge in [-0.05, 0) is 25.3 Å². The number of nitrogens with two attached hydrogens (primary N) is 1. The summed E-state index contributed by atoms with van der Waals surface area (Å²) in [6, 6.07) is 2.23. The minimum Gasteiger partial charge on any atom is -0.368 e. The van der Waals surface area contributed by atoms with Gasteiger partial charge in [0.25, 0.3) is 0 Å². The fraction of sp³-hybridized carbons (Fsp3) is 0.538. The van der Waals surface area contributed by atoms with Gasteiger partial charge in [-0.1, -0.05) is 19.8 Å². The number of aryl methyl sites for hydroxylation is 1. The summed E-state index contributed by atoms with van der Waals surface area (Å²) in [5.41, 5.74) is 5.82. The second-order valence-corrected chi connectivity index (χ2v) is 7.10. The summed E-state index contributed by atoms with van der Waals surface area (Å²) >= 11 is 3.63. The lowest BCUT2D eigenvalue weighted by atomic mass is 10.3. The third-order valence-electron chi connectivity index (χ3n) is 3.36. The fourth-order valence-electron chi connectivity index (χ4n) is 2.39. The zero-order chi connectivity index (χ0) is 12.5. The third-order valence-corrected chi connectivity index (χ3v) is 5.87. The van der Waals surface area contributed by atoms with Gasteiger partial charge in [-0.25, -0.2) is 9.97 Å². The normalized spacial score (nSPS) is 16.7. The largest absolute Gasteiger partial charge is 0.368 e. The molecular formula is C13H17N3S2. The number of nitrogens with zero attached hydrogens (tertiary/aromatic N) is 2. The maximum absolute atomic E-state index is 5.82. The van der Waals surface area contributed by atoms with Crippen molar-refractivity contribution in [2.24, 2.45) is 0 Å². The van der Waals surface area contributed by atoms with Crippen molar-refractivity contribution in [2.45, 2.75) is 49.3 Å². The fourth-order valence-corrected chi connectivity index (χ4v) is 4.74. The molecule has 1 fully saturated rings. The van der Waals surface area contributed by atoms with E-state index in [-0.39, 0.29) is 0 Å². The standard InChI is InChI=1S/C13H17N3S2/c1-2-8-7-10-11(17-8)15-13(14)16-12(10)18-9-5-3-4-6-9/h7,9H,2-6H2,1H3,(H2,14,15,16). The molecule has 3 nitrogen and oxygen atoms in total. The number of thioether (sulfide) groups is 1. The van der Waals surface area contributed by atoms with E-state index >= 15 is 0 Å². The number of fused-ring (bicyclic) bond motifs is 1. The van der Waals surface area contributed by atoms with Gasteiger partial charge in [-0.3, -0.25) is 0 Å². The molecule has 1 aliphatic rings. The Morgan fingerprint density at radius 1 is 1.39 bits per heavy atom. The van der Waals surface area contributed by atoms with Crippen molar-refractivity contribution in [1.82, 2.24) is 9.97 Å². The summed E-state index contributed by atoms with van der Waals surface area (Å²) in [5.74, 6) is 0.410. The molecule has 2 aromatic heterocycles. The van der Waals surface area contributed by atoms with Crippen LogP contribution < -0.4 is 5.73 Å². The lowest BCUT2D eigenvalue weighted by Gasteiger charge is -2.08. The van der Waals surface area contributed by atoms with E-state index in [1.54, 1.807) is 11.3 Å². The molecule has 2 aromatic rings. The molecule has 0 spiro atoms. The maximum atomic E-state index is 5.82. The molecule has 0 radical (unpaired) electrons. The lowest BCUT2D eigenvalue weighted by molar-refractivity contribution is 0.886. The zero-order valence-corrected chi connectivity index (χ0v) is 12.1. The Morgan fingerprint density at radius 2 is 2.17 bits per heavy atom. The van der Waals surface area contributed by atoms with Crippen LogP contribution in [0.2, 0.25) is 0 Å². The van der Waals surface area contributed by atoms with Crippen LogP contribution in [0.3, 0.4) is 0 Å². The topological polar surface area (TPSA) is 51.8 Å².